The first-order valence-electron chi connectivity index (χ1n) is 8.19. The standard InChI is InChI=1S/C20H19ClN2O2/c1-15(24)18-6-3-7-19(22-18)23-12-10-20(25,11-13-23)9-8-16-4-2-5-17(21)14-16/h2-7,14,25H,10-13H2,1H3. The predicted molar refractivity (Wildman–Crippen MR) is 99.0 cm³/mol. The molecule has 0 radical (unpaired) electrons. The summed E-state index contributed by atoms with van der Waals surface area (Å²) in [5.74, 6) is 6.71. The van der Waals surface area contributed by atoms with Gasteiger partial charge in [0.1, 0.15) is 17.1 Å². The summed E-state index contributed by atoms with van der Waals surface area (Å²) in [4.78, 5) is 17.9. The van der Waals surface area contributed by atoms with Crippen LogP contribution in [0.15, 0.2) is 42.5 Å². The van der Waals surface area contributed by atoms with Crippen molar-refractivity contribution in [2.45, 2.75) is 25.4 Å². The van der Waals surface area contributed by atoms with E-state index in [0.717, 1.165) is 11.4 Å². The monoisotopic (exact) mass is 354 g/mol. The van der Waals surface area contributed by atoms with Gasteiger partial charge in [0.25, 0.3) is 0 Å². The molecule has 4 nitrogen and oxygen atoms in total. The van der Waals surface area contributed by atoms with Crippen molar-refractivity contribution in [3.63, 3.8) is 0 Å². The van der Waals surface area contributed by atoms with Crippen LogP contribution in [0.4, 0.5) is 5.82 Å². The van der Waals surface area contributed by atoms with Crippen LogP contribution in [-0.2, 0) is 0 Å². The first-order valence-corrected chi connectivity index (χ1v) is 8.57. The van der Waals surface area contributed by atoms with Crippen LogP contribution in [0, 0.1) is 11.8 Å². The first kappa shape index (κ1) is 17.5. The summed E-state index contributed by atoms with van der Waals surface area (Å²) in [5, 5.41) is 11.3. The van der Waals surface area contributed by atoms with Gasteiger partial charge in [-0.25, -0.2) is 4.98 Å². The largest absolute Gasteiger partial charge is 0.377 e. The quantitative estimate of drug-likeness (QED) is 0.664. The Kier molecular flexibility index (Phi) is 5.08. The fraction of sp³-hybridized carbons (Fsp3) is 0.300. The van der Waals surface area contributed by atoms with E-state index in [9.17, 15) is 9.90 Å². The summed E-state index contributed by atoms with van der Waals surface area (Å²) in [6.45, 7) is 2.77. The van der Waals surface area contributed by atoms with E-state index in [0.29, 0.717) is 36.6 Å². The van der Waals surface area contributed by atoms with Crippen LogP contribution >= 0.6 is 11.6 Å². The molecule has 1 aromatic carbocycles. The average molecular weight is 355 g/mol. The van der Waals surface area contributed by atoms with Gasteiger partial charge < -0.3 is 10.0 Å². The zero-order chi connectivity index (χ0) is 17.9. The molecule has 2 heterocycles. The molecule has 128 valence electrons. The lowest BCUT2D eigenvalue weighted by atomic mass is 9.91. The number of hydrogen-bond donors (Lipinski definition) is 1. The lowest BCUT2D eigenvalue weighted by molar-refractivity contribution is 0.0744. The Morgan fingerprint density at radius 1 is 1.24 bits per heavy atom. The Bertz CT molecular complexity index is 846. The van der Waals surface area contributed by atoms with Gasteiger partial charge in [0, 0.05) is 43.4 Å². The van der Waals surface area contributed by atoms with E-state index in [2.05, 4.69) is 21.7 Å². The van der Waals surface area contributed by atoms with Crippen LogP contribution in [0.2, 0.25) is 5.02 Å². The molecule has 0 amide bonds. The van der Waals surface area contributed by atoms with Crippen molar-refractivity contribution < 1.29 is 9.90 Å². The van der Waals surface area contributed by atoms with Crippen LogP contribution < -0.4 is 4.90 Å². The molecule has 1 fully saturated rings. The molecule has 2 aromatic rings. The highest BCUT2D eigenvalue weighted by molar-refractivity contribution is 6.30. The van der Waals surface area contributed by atoms with Crippen molar-refractivity contribution in [2.75, 3.05) is 18.0 Å². The van der Waals surface area contributed by atoms with Crippen LogP contribution in [0.5, 0.6) is 0 Å². The maximum Gasteiger partial charge on any atom is 0.178 e. The molecule has 5 heteroatoms. The maximum atomic E-state index is 11.5. The Morgan fingerprint density at radius 3 is 2.64 bits per heavy atom. The number of benzene rings is 1. The minimum absolute atomic E-state index is 0.0530. The smallest absolute Gasteiger partial charge is 0.178 e. The summed E-state index contributed by atoms with van der Waals surface area (Å²) in [5.41, 5.74) is 0.232. The number of anilines is 1. The lowest BCUT2D eigenvalue weighted by Gasteiger charge is -2.35. The molecule has 25 heavy (non-hydrogen) atoms. The SMILES string of the molecule is CC(=O)c1cccc(N2CCC(O)(C#Cc3cccc(Cl)c3)CC2)n1. The van der Waals surface area contributed by atoms with Gasteiger partial charge >= 0.3 is 0 Å². The Labute approximate surface area is 152 Å². The highest BCUT2D eigenvalue weighted by Gasteiger charge is 2.31. The maximum absolute atomic E-state index is 11.5. The molecular formula is C20H19ClN2O2. The Balaban J connectivity index is 1.69. The van der Waals surface area contributed by atoms with Crippen molar-refractivity contribution in [3.05, 3.63) is 58.7 Å². The Hall–Kier alpha value is -2.35. The average Bonchev–Trinajstić information content (AvgIpc) is 2.61. The van der Waals surface area contributed by atoms with E-state index in [1.807, 2.05) is 24.3 Å². The molecule has 1 aromatic heterocycles. The minimum Gasteiger partial charge on any atom is -0.377 e. The molecule has 1 saturated heterocycles. The summed E-state index contributed by atoms with van der Waals surface area (Å²) >= 11 is 5.96. The molecule has 0 saturated carbocycles. The molecule has 0 unspecified atom stereocenters. The summed E-state index contributed by atoms with van der Waals surface area (Å²) in [6, 6.07) is 12.7. The van der Waals surface area contributed by atoms with Gasteiger partial charge in [0.2, 0.25) is 0 Å². The summed E-state index contributed by atoms with van der Waals surface area (Å²) in [7, 11) is 0. The van der Waals surface area contributed by atoms with Gasteiger partial charge in [0.05, 0.1) is 0 Å². The Morgan fingerprint density at radius 2 is 1.96 bits per heavy atom. The van der Waals surface area contributed by atoms with Crippen LogP contribution in [0.25, 0.3) is 0 Å². The zero-order valence-corrected chi connectivity index (χ0v) is 14.8. The van der Waals surface area contributed by atoms with Crippen LogP contribution in [0.1, 0.15) is 35.8 Å². The molecule has 1 N–H and O–H groups in total. The number of nitrogens with zero attached hydrogens (tertiary/aromatic N) is 2. The van der Waals surface area contributed by atoms with E-state index in [1.165, 1.54) is 6.92 Å². The second kappa shape index (κ2) is 7.26. The number of carbonyl (C=O) groups excluding carboxylic acids is 1. The fourth-order valence-electron chi connectivity index (χ4n) is 2.78. The summed E-state index contributed by atoms with van der Waals surface area (Å²) in [6.07, 6.45) is 1.04. The number of rotatable bonds is 2. The van der Waals surface area contributed by atoms with Gasteiger partial charge in [-0.2, -0.15) is 0 Å². The second-order valence-electron chi connectivity index (χ2n) is 6.22. The molecule has 0 atom stereocenters. The number of carbonyl (C=O) groups is 1. The van der Waals surface area contributed by atoms with Crippen LogP contribution in [-0.4, -0.2) is 34.6 Å². The number of Topliss-reactive ketones (excluding diaryl/α,β-unsaturated/α-hetero) is 1. The van der Waals surface area contributed by atoms with Gasteiger partial charge in [-0.15, -0.1) is 0 Å². The number of aliphatic hydroxyl groups is 1. The van der Waals surface area contributed by atoms with E-state index in [4.69, 9.17) is 11.6 Å². The zero-order valence-electron chi connectivity index (χ0n) is 14.0. The van der Waals surface area contributed by atoms with Gasteiger partial charge in [0.15, 0.2) is 5.78 Å². The van der Waals surface area contributed by atoms with Crippen molar-refractivity contribution >= 4 is 23.2 Å². The molecule has 1 aliphatic rings. The van der Waals surface area contributed by atoms with Crippen molar-refractivity contribution in [1.82, 2.24) is 4.98 Å². The van der Waals surface area contributed by atoms with Gasteiger partial charge in [-0.3, -0.25) is 4.79 Å². The molecule has 1 aliphatic heterocycles. The highest BCUT2D eigenvalue weighted by atomic mass is 35.5. The fourth-order valence-corrected chi connectivity index (χ4v) is 2.97. The molecular weight excluding hydrogens is 336 g/mol. The second-order valence-corrected chi connectivity index (χ2v) is 6.65. The topological polar surface area (TPSA) is 53.4 Å². The van der Waals surface area contributed by atoms with E-state index >= 15 is 0 Å². The third-order valence-electron chi connectivity index (χ3n) is 4.27. The first-order chi connectivity index (χ1) is 12.0. The van der Waals surface area contributed by atoms with Gasteiger partial charge in [-0.1, -0.05) is 35.6 Å². The molecule has 0 bridgehead atoms. The molecule has 3 rings (SSSR count). The predicted octanol–water partition coefficient (Wildman–Crippen LogP) is 3.32. The number of hydrogen-bond acceptors (Lipinski definition) is 4. The molecule has 0 aliphatic carbocycles. The van der Waals surface area contributed by atoms with Crippen molar-refractivity contribution in [2.24, 2.45) is 0 Å². The number of halogens is 1. The third kappa shape index (κ3) is 4.39. The molecule has 0 spiro atoms. The lowest BCUT2D eigenvalue weighted by Crippen LogP contribution is -2.44. The minimum atomic E-state index is -1.02. The number of aromatic nitrogens is 1. The highest BCUT2D eigenvalue weighted by Crippen LogP contribution is 2.25. The third-order valence-corrected chi connectivity index (χ3v) is 4.51. The number of pyridine rings is 1. The van der Waals surface area contributed by atoms with E-state index < -0.39 is 5.60 Å². The van der Waals surface area contributed by atoms with Crippen molar-refractivity contribution in [3.8, 4) is 11.8 Å². The van der Waals surface area contributed by atoms with E-state index in [1.54, 1.807) is 18.2 Å². The summed E-state index contributed by atoms with van der Waals surface area (Å²) < 4.78 is 0. The number of piperidine rings is 1. The van der Waals surface area contributed by atoms with Gasteiger partial charge in [-0.05, 0) is 30.3 Å². The number of ketones is 1. The van der Waals surface area contributed by atoms with Crippen molar-refractivity contribution in [1.29, 1.82) is 0 Å². The normalized spacial score (nSPS) is 16.0. The van der Waals surface area contributed by atoms with Crippen LogP contribution in [0.3, 0.4) is 0 Å². The van der Waals surface area contributed by atoms with E-state index in [-0.39, 0.29) is 5.78 Å².